The van der Waals surface area contributed by atoms with Crippen molar-refractivity contribution in [2.75, 3.05) is 6.54 Å². The molecule has 4 heteroatoms. The normalized spacial score (nSPS) is 12.6. The number of hydrogen-bond acceptors (Lipinski definition) is 2. The first-order chi connectivity index (χ1) is 9.70. The summed E-state index contributed by atoms with van der Waals surface area (Å²) in [6, 6.07) is 11.4. The van der Waals surface area contributed by atoms with E-state index in [1.807, 2.05) is 17.9 Å². The topological polar surface area (TPSA) is 29.9 Å². The molecule has 0 spiro atoms. The summed E-state index contributed by atoms with van der Waals surface area (Å²) in [5.74, 6) is 0. The Morgan fingerprint density at radius 3 is 2.60 bits per heavy atom. The monoisotopic (exact) mass is 383 g/mol. The molecule has 0 bridgehead atoms. The number of benzene rings is 1. The zero-order valence-corrected chi connectivity index (χ0v) is 14.3. The summed E-state index contributed by atoms with van der Waals surface area (Å²) >= 11 is 2.35. The summed E-state index contributed by atoms with van der Waals surface area (Å²) in [6.07, 6.45) is 5.17. The average molecular weight is 383 g/mol. The molecule has 1 heterocycles. The van der Waals surface area contributed by atoms with Crippen LogP contribution in [0.2, 0.25) is 0 Å². The van der Waals surface area contributed by atoms with Crippen molar-refractivity contribution in [3.05, 3.63) is 51.4 Å². The van der Waals surface area contributed by atoms with Crippen LogP contribution < -0.4 is 5.32 Å². The van der Waals surface area contributed by atoms with E-state index in [1.165, 1.54) is 14.8 Å². The minimum atomic E-state index is 0.418. The van der Waals surface area contributed by atoms with Gasteiger partial charge in [0, 0.05) is 28.6 Å². The van der Waals surface area contributed by atoms with Crippen molar-refractivity contribution in [3.8, 4) is 0 Å². The zero-order chi connectivity index (χ0) is 14.4. The summed E-state index contributed by atoms with van der Waals surface area (Å²) in [4.78, 5) is 0. The van der Waals surface area contributed by atoms with Gasteiger partial charge < -0.3 is 5.32 Å². The molecule has 0 aliphatic rings. The second-order valence-electron chi connectivity index (χ2n) is 5.04. The van der Waals surface area contributed by atoms with E-state index in [4.69, 9.17) is 0 Å². The van der Waals surface area contributed by atoms with Gasteiger partial charge in [-0.2, -0.15) is 5.10 Å². The van der Waals surface area contributed by atoms with Crippen molar-refractivity contribution < 1.29 is 0 Å². The lowest BCUT2D eigenvalue weighted by molar-refractivity contribution is 0.491. The first-order valence-corrected chi connectivity index (χ1v) is 8.24. The molecule has 108 valence electrons. The maximum Gasteiger partial charge on any atom is 0.0492 e. The smallest absolute Gasteiger partial charge is 0.0492 e. The van der Waals surface area contributed by atoms with E-state index in [-0.39, 0.29) is 0 Å². The van der Waals surface area contributed by atoms with E-state index < -0.39 is 0 Å². The van der Waals surface area contributed by atoms with Gasteiger partial charge >= 0.3 is 0 Å². The Bertz CT molecular complexity index is 519. The van der Waals surface area contributed by atoms with Gasteiger partial charge in [-0.3, -0.25) is 4.68 Å². The predicted molar refractivity (Wildman–Crippen MR) is 91.7 cm³/mol. The molecule has 0 radical (unpaired) electrons. The molecule has 0 aliphatic heterocycles. The van der Waals surface area contributed by atoms with Crippen LogP contribution >= 0.6 is 22.6 Å². The van der Waals surface area contributed by atoms with Gasteiger partial charge in [-0.05, 0) is 72.2 Å². The minimum absolute atomic E-state index is 0.418. The SMILES string of the molecule is CCCNC(CCc1ccnn1C)c1ccc(I)cc1. The highest BCUT2D eigenvalue weighted by Crippen LogP contribution is 2.20. The standard InChI is InChI=1S/C16H22IN3/c1-3-11-18-16(13-4-6-14(17)7-5-13)9-8-15-10-12-19-20(15)2/h4-7,10,12,16,18H,3,8-9,11H2,1-2H3. The second-order valence-corrected chi connectivity index (χ2v) is 6.29. The first-order valence-electron chi connectivity index (χ1n) is 7.16. The Kier molecular flexibility index (Phi) is 6.04. The summed E-state index contributed by atoms with van der Waals surface area (Å²) in [7, 11) is 2.01. The fourth-order valence-corrected chi connectivity index (χ4v) is 2.70. The molecule has 1 aromatic carbocycles. The number of halogens is 1. The van der Waals surface area contributed by atoms with Crippen molar-refractivity contribution in [1.82, 2.24) is 15.1 Å². The van der Waals surface area contributed by atoms with E-state index in [9.17, 15) is 0 Å². The van der Waals surface area contributed by atoms with E-state index in [2.05, 4.69) is 70.3 Å². The van der Waals surface area contributed by atoms with Gasteiger partial charge in [0.25, 0.3) is 0 Å². The summed E-state index contributed by atoms with van der Waals surface area (Å²) in [6.45, 7) is 3.27. The van der Waals surface area contributed by atoms with E-state index in [1.54, 1.807) is 0 Å². The van der Waals surface area contributed by atoms with Crippen LogP contribution in [-0.2, 0) is 13.5 Å². The molecule has 20 heavy (non-hydrogen) atoms. The molecule has 2 aromatic rings. The van der Waals surface area contributed by atoms with Crippen molar-refractivity contribution in [1.29, 1.82) is 0 Å². The maximum absolute atomic E-state index is 4.24. The molecule has 1 unspecified atom stereocenters. The van der Waals surface area contributed by atoms with Gasteiger partial charge in [0.2, 0.25) is 0 Å². The first kappa shape index (κ1) is 15.5. The van der Waals surface area contributed by atoms with Crippen LogP contribution in [0, 0.1) is 3.57 Å². The molecule has 1 N–H and O–H groups in total. The largest absolute Gasteiger partial charge is 0.310 e. The fraction of sp³-hybridized carbons (Fsp3) is 0.438. The van der Waals surface area contributed by atoms with Gasteiger partial charge in [-0.1, -0.05) is 19.1 Å². The van der Waals surface area contributed by atoms with Gasteiger partial charge in [-0.15, -0.1) is 0 Å². The molecule has 0 aliphatic carbocycles. The summed E-state index contributed by atoms with van der Waals surface area (Å²) in [5, 5.41) is 7.89. The molecule has 1 aromatic heterocycles. The Morgan fingerprint density at radius 1 is 1.25 bits per heavy atom. The van der Waals surface area contributed by atoms with Crippen molar-refractivity contribution in [2.24, 2.45) is 7.05 Å². The zero-order valence-electron chi connectivity index (χ0n) is 12.1. The summed E-state index contributed by atoms with van der Waals surface area (Å²) < 4.78 is 3.25. The number of nitrogens with zero attached hydrogens (tertiary/aromatic N) is 2. The highest BCUT2D eigenvalue weighted by molar-refractivity contribution is 14.1. The maximum atomic E-state index is 4.24. The molecule has 0 amide bonds. The molecule has 2 rings (SSSR count). The Labute approximate surface area is 134 Å². The van der Waals surface area contributed by atoms with Crippen LogP contribution in [0.3, 0.4) is 0 Å². The minimum Gasteiger partial charge on any atom is -0.310 e. The van der Waals surface area contributed by atoms with Crippen molar-refractivity contribution in [2.45, 2.75) is 32.2 Å². The molecule has 0 fully saturated rings. The Morgan fingerprint density at radius 2 is 2.00 bits per heavy atom. The molecular weight excluding hydrogens is 361 g/mol. The van der Waals surface area contributed by atoms with Gasteiger partial charge in [0.15, 0.2) is 0 Å². The lowest BCUT2D eigenvalue weighted by Gasteiger charge is -2.19. The number of nitrogens with one attached hydrogen (secondary N) is 1. The van der Waals surface area contributed by atoms with Crippen LogP contribution in [0.5, 0.6) is 0 Å². The van der Waals surface area contributed by atoms with Crippen LogP contribution in [0.1, 0.15) is 37.1 Å². The second kappa shape index (κ2) is 7.78. The third kappa shape index (κ3) is 4.31. The molecule has 3 nitrogen and oxygen atoms in total. The highest BCUT2D eigenvalue weighted by Gasteiger charge is 2.11. The molecule has 0 saturated heterocycles. The van der Waals surface area contributed by atoms with E-state index in [0.29, 0.717) is 6.04 Å². The van der Waals surface area contributed by atoms with Crippen LogP contribution in [-0.4, -0.2) is 16.3 Å². The highest BCUT2D eigenvalue weighted by atomic mass is 127. The van der Waals surface area contributed by atoms with Crippen LogP contribution in [0.15, 0.2) is 36.5 Å². The number of aromatic nitrogens is 2. The fourth-order valence-electron chi connectivity index (χ4n) is 2.34. The lowest BCUT2D eigenvalue weighted by atomic mass is 10.0. The average Bonchev–Trinajstić information content (AvgIpc) is 2.86. The van der Waals surface area contributed by atoms with E-state index in [0.717, 1.165) is 25.8 Å². The lowest BCUT2D eigenvalue weighted by Crippen LogP contribution is -2.23. The third-order valence-electron chi connectivity index (χ3n) is 3.52. The van der Waals surface area contributed by atoms with Gasteiger partial charge in [0.05, 0.1) is 0 Å². The third-order valence-corrected chi connectivity index (χ3v) is 4.24. The van der Waals surface area contributed by atoms with Crippen molar-refractivity contribution >= 4 is 22.6 Å². The predicted octanol–water partition coefficient (Wildman–Crippen LogP) is 3.70. The van der Waals surface area contributed by atoms with E-state index >= 15 is 0 Å². The quantitative estimate of drug-likeness (QED) is 0.739. The van der Waals surface area contributed by atoms with Crippen LogP contribution in [0.4, 0.5) is 0 Å². The molecular formula is C16H22IN3. The Balaban J connectivity index is 2.03. The van der Waals surface area contributed by atoms with Crippen LogP contribution in [0.25, 0.3) is 0 Å². The number of hydrogen-bond donors (Lipinski definition) is 1. The summed E-state index contributed by atoms with van der Waals surface area (Å²) in [5.41, 5.74) is 2.67. The molecule has 1 atom stereocenters. The van der Waals surface area contributed by atoms with Gasteiger partial charge in [0.1, 0.15) is 0 Å². The van der Waals surface area contributed by atoms with Gasteiger partial charge in [-0.25, -0.2) is 0 Å². The van der Waals surface area contributed by atoms with Crippen molar-refractivity contribution in [3.63, 3.8) is 0 Å². The number of rotatable bonds is 7. The number of aryl methyl sites for hydroxylation is 2. The molecule has 0 saturated carbocycles. The Hall–Kier alpha value is -0.880.